The summed E-state index contributed by atoms with van der Waals surface area (Å²) in [6, 6.07) is 1.05. The first-order valence-electron chi connectivity index (χ1n) is 11.2. The van der Waals surface area contributed by atoms with E-state index in [2.05, 4.69) is 0 Å². The SMILES string of the molecule is O=C1OCC/C=C/CC/C=C/C(=BCC(=O)N2CCCCC2)Cc2c(Cl)c(O)cc(O)c21. The molecule has 0 radical (unpaired) electrons. The van der Waals surface area contributed by atoms with E-state index in [1.165, 1.54) is 0 Å². The zero-order valence-electron chi connectivity index (χ0n) is 18.2. The van der Waals surface area contributed by atoms with E-state index in [9.17, 15) is 19.8 Å². The summed E-state index contributed by atoms with van der Waals surface area (Å²) in [5.41, 5.74) is 0.996. The molecule has 1 saturated heterocycles. The van der Waals surface area contributed by atoms with Crippen molar-refractivity contribution in [3.05, 3.63) is 46.5 Å². The van der Waals surface area contributed by atoms with Gasteiger partial charge >= 0.3 is 194 Å². The van der Waals surface area contributed by atoms with E-state index < -0.39 is 5.97 Å². The number of carbonyl (C=O) groups excluding carboxylic acids is 2. The van der Waals surface area contributed by atoms with E-state index in [-0.39, 0.29) is 52.9 Å². The monoisotopic (exact) mass is 457 g/mol. The molecule has 0 spiro atoms. The van der Waals surface area contributed by atoms with Crippen molar-refractivity contribution in [1.29, 1.82) is 0 Å². The molecule has 170 valence electrons. The van der Waals surface area contributed by atoms with Gasteiger partial charge in [0.05, 0.1) is 0 Å². The summed E-state index contributed by atoms with van der Waals surface area (Å²) in [6.45, 7) is 3.58. The summed E-state index contributed by atoms with van der Waals surface area (Å²) >= 11 is 6.34. The fourth-order valence-electron chi connectivity index (χ4n) is 3.93. The molecule has 2 aliphatic heterocycles. The Kier molecular flexibility index (Phi) is 8.97. The van der Waals surface area contributed by atoms with E-state index >= 15 is 0 Å². The molecule has 0 aromatic heterocycles. The molecule has 1 fully saturated rings. The molecule has 2 heterocycles. The van der Waals surface area contributed by atoms with Gasteiger partial charge in [0, 0.05) is 0 Å². The number of nitrogens with zero attached hydrogens (tertiary/aromatic N) is 1. The van der Waals surface area contributed by atoms with Crippen molar-refractivity contribution in [2.75, 3.05) is 19.7 Å². The first-order chi connectivity index (χ1) is 15.5. The van der Waals surface area contributed by atoms with Crippen LogP contribution >= 0.6 is 11.6 Å². The van der Waals surface area contributed by atoms with Gasteiger partial charge in [0.25, 0.3) is 0 Å². The summed E-state index contributed by atoms with van der Waals surface area (Å²) in [6.07, 6.45) is 13.8. The normalized spacial score (nSPS) is 21.1. The molecule has 1 aromatic rings. The minimum absolute atomic E-state index is 0.0107. The van der Waals surface area contributed by atoms with Gasteiger partial charge in [-0.05, 0) is 0 Å². The third kappa shape index (κ3) is 6.48. The number of ether oxygens (including phenoxy) is 1. The number of benzene rings is 1. The number of phenolic OH excluding ortho intramolecular Hbond substituents is 2. The summed E-state index contributed by atoms with van der Waals surface area (Å²) in [7, 11) is 0. The van der Waals surface area contributed by atoms with E-state index in [1.54, 1.807) is 0 Å². The Balaban J connectivity index is 1.93. The van der Waals surface area contributed by atoms with Gasteiger partial charge in [0.2, 0.25) is 0 Å². The van der Waals surface area contributed by atoms with Crippen LogP contribution in [-0.4, -0.2) is 59.1 Å². The second-order valence-electron chi connectivity index (χ2n) is 8.06. The van der Waals surface area contributed by atoms with Crippen LogP contribution in [0.25, 0.3) is 0 Å². The molecule has 6 nitrogen and oxygen atoms in total. The van der Waals surface area contributed by atoms with Gasteiger partial charge in [-0.25, -0.2) is 0 Å². The molecule has 2 N–H and O–H groups in total. The third-order valence-electron chi connectivity index (χ3n) is 5.67. The van der Waals surface area contributed by atoms with Crippen LogP contribution in [0.5, 0.6) is 11.5 Å². The maximum atomic E-state index is 12.7. The number of hydrogen-bond donors (Lipinski definition) is 2. The minimum atomic E-state index is -0.697. The number of piperidine rings is 1. The van der Waals surface area contributed by atoms with E-state index in [0.29, 0.717) is 6.42 Å². The summed E-state index contributed by atoms with van der Waals surface area (Å²) < 4.78 is 5.31. The molecule has 0 bridgehead atoms. The Morgan fingerprint density at radius 3 is 2.56 bits per heavy atom. The zero-order chi connectivity index (χ0) is 22.9. The Labute approximate surface area is 194 Å². The molecule has 2 aliphatic rings. The number of amides is 1. The Morgan fingerprint density at radius 2 is 1.78 bits per heavy atom. The second-order valence-corrected chi connectivity index (χ2v) is 8.44. The van der Waals surface area contributed by atoms with Gasteiger partial charge in [-0.15, -0.1) is 0 Å². The van der Waals surface area contributed by atoms with Crippen molar-refractivity contribution in [1.82, 2.24) is 4.90 Å². The Hall–Kier alpha value is -2.54. The zero-order valence-corrected chi connectivity index (χ0v) is 18.9. The maximum absolute atomic E-state index is 12.7. The van der Waals surface area contributed by atoms with E-state index in [1.807, 2.05) is 36.1 Å². The number of aromatic hydroxyl groups is 2. The van der Waals surface area contributed by atoms with Gasteiger partial charge in [-0.1, -0.05) is 0 Å². The fraction of sp³-hybridized carbons (Fsp3) is 0.458. The van der Waals surface area contributed by atoms with Crippen molar-refractivity contribution < 1.29 is 24.5 Å². The number of likely N-dealkylation sites (tertiary alicyclic amines) is 1. The summed E-state index contributed by atoms with van der Waals surface area (Å²) in [5.74, 6) is -1.33. The molecular weight excluding hydrogens is 429 g/mol. The number of halogens is 1. The number of allylic oxidation sites excluding steroid dienone is 3. The van der Waals surface area contributed by atoms with Crippen LogP contribution in [0.2, 0.25) is 11.3 Å². The molecule has 1 aromatic carbocycles. The average molecular weight is 458 g/mol. The van der Waals surface area contributed by atoms with Crippen LogP contribution in [0.3, 0.4) is 0 Å². The molecule has 8 heteroatoms. The molecule has 3 rings (SSSR count). The second kappa shape index (κ2) is 11.9. The molecule has 32 heavy (non-hydrogen) atoms. The topological polar surface area (TPSA) is 87.1 Å². The average Bonchev–Trinajstić information content (AvgIpc) is 2.79. The standard InChI is InChI=1S/C24H29BClNO5/c26-23-18-14-17(25-16-21(30)27-11-7-5-8-12-27)10-6-3-1-2-4-9-13-32-24(31)22(18)19(28)15-20(23)29/h2,4,6,10,15,28-29H,1,3,5,7-9,11-14,16H2/b4-2+,10-6+. The molecule has 0 saturated carbocycles. The van der Waals surface area contributed by atoms with Gasteiger partial charge in [0.1, 0.15) is 0 Å². The molecule has 0 unspecified atom stereocenters. The van der Waals surface area contributed by atoms with Crippen molar-refractivity contribution in [3.8, 4) is 11.5 Å². The van der Waals surface area contributed by atoms with Crippen molar-refractivity contribution in [2.45, 2.75) is 51.3 Å². The molecule has 0 aliphatic carbocycles. The van der Waals surface area contributed by atoms with Gasteiger partial charge in [0.15, 0.2) is 0 Å². The van der Waals surface area contributed by atoms with Crippen LogP contribution < -0.4 is 0 Å². The van der Waals surface area contributed by atoms with Gasteiger partial charge in [-0.2, -0.15) is 0 Å². The number of hydrogen-bond acceptors (Lipinski definition) is 5. The fourth-order valence-corrected chi connectivity index (χ4v) is 4.14. The van der Waals surface area contributed by atoms with E-state index in [4.69, 9.17) is 16.3 Å². The van der Waals surface area contributed by atoms with Crippen molar-refractivity contribution >= 4 is 35.9 Å². The van der Waals surface area contributed by atoms with Crippen LogP contribution in [0.15, 0.2) is 30.4 Å². The number of cyclic esters (lactones) is 1. The van der Waals surface area contributed by atoms with Gasteiger partial charge in [-0.3, -0.25) is 0 Å². The predicted molar refractivity (Wildman–Crippen MR) is 127 cm³/mol. The summed E-state index contributed by atoms with van der Waals surface area (Å²) in [4.78, 5) is 27.2. The number of fused-ring (bicyclic) bond motifs is 1. The number of rotatable bonds is 2. The molecule has 0 atom stereocenters. The van der Waals surface area contributed by atoms with Crippen molar-refractivity contribution in [3.63, 3.8) is 0 Å². The predicted octanol–water partition coefficient (Wildman–Crippen LogP) is 4.05. The van der Waals surface area contributed by atoms with Crippen LogP contribution in [-0.2, 0) is 16.0 Å². The third-order valence-corrected chi connectivity index (χ3v) is 6.09. The summed E-state index contributed by atoms with van der Waals surface area (Å²) in [5, 5.41) is 20.5. The number of phenols is 2. The quantitative estimate of drug-likeness (QED) is 0.397. The Morgan fingerprint density at radius 1 is 1.06 bits per heavy atom. The first kappa shape index (κ1) is 24.1. The van der Waals surface area contributed by atoms with Gasteiger partial charge < -0.3 is 0 Å². The number of esters is 1. The van der Waals surface area contributed by atoms with Crippen LogP contribution in [0, 0.1) is 0 Å². The van der Waals surface area contributed by atoms with Crippen LogP contribution in [0.1, 0.15) is 54.4 Å². The van der Waals surface area contributed by atoms with E-state index in [0.717, 1.165) is 56.7 Å². The molecular formula is C24H29BClNO5. The van der Waals surface area contributed by atoms with Crippen molar-refractivity contribution in [2.24, 2.45) is 0 Å². The Bertz CT molecular complexity index is 935. The first-order valence-corrected chi connectivity index (χ1v) is 11.5. The number of carbonyl (C=O) groups is 2. The van der Waals surface area contributed by atoms with Crippen LogP contribution in [0.4, 0.5) is 0 Å². The molecule has 1 amide bonds.